The summed E-state index contributed by atoms with van der Waals surface area (Å²) in [5, 5.41) is 1.26. The zero-order valence-electron chi connectivity index (χ0n) is 13.7. The van der Waals surface area contributed by atoms with Crippen LogP contribution in [0.1, 0.15) is 26.7 Å². The van der Waals surface area contributed by atoms with E-state index in [9.17, 15) is 9.59 Å². The van der Waals surface area contributed by atoms with Gasteiger partial charge in [-0.2, -0.15) is 0 Å². The second-order valence-corrected chi connectivity index (χ2v) is 5.01. The maximum Gasteiger partial charge on any atom is 0.513 e. The Morgan fingerprint density at radius 2 is 1.25 bits per heavy atom. The minimum Gasteiger partial charge on any atom is -0.434 e. The highest BCUT2D eigenvalue weighted by molar-refractivity contribution is 5.96. The molecule has 6 nitrogen and oxygen atoms in total. The molecule has 0 amide bonds. The van der Waals surface area contributed by atoms with Crippen LogP contribution in [-0.4, -0.2) is 25.5 Å². The van der Waals surface area contributed by atoms with Crippen LogP contribution in [0.3, 0.4) is 0 Å². The SMILES string of the molecule is CCCOC(=O)Oc1cccc2cccc(OC(=O)OCCC)c12. The van der Waals surface area contributed by atoms with E-state index >= 15 is 0 Å². The molecule has 0 atom stereocenters. The predicted octanol–water partition coefficient (Wildman–Crippen LogP) is 4.69. The average molecular weight is 332 g/mol. The summed E-state index contributed by atoms with van der Waals surface area (Å²) in [6, 6.07) is 10.3. The maximum atomic E-state index is 11.7. The summed E-state index contributed by atoms with van der Waals surface area (Å²) in [7, 11) is 0. The van der Waals surface area contributed by atoms with Gasteiger partial charge in [0.05, 0.1) is 18.6 Å². The van der Waals surface area contributed by atoms with Crippen LogP contribution >= 0.6 is 0 Å². The largest absolute Gasteiger partial charge is 0.513 e. The number of ether oxygens (including phenoxy) is 4. The van der Waals surface area contributed by atoms with Crippen LogP contribution in [0.15, 0.2) is 36.4 Å². The standard InChI is InChI=1S/C18H20O6/c1-3-11-21-17(19)23-14-9-5-7-13-8-6-10-15(16(13)14)24-18(20)22-12-4-2/h5-10H,3-4,11-12H2,1-2H3. The zero-order chi connectivity index (χ0) is 17.4. The highest BCUT2D eigenvalue weighted by Crippen LogP contribution is 2.34. The van der Waals surface area contributed by atoms with Gasteiger partial charge in [-0.15, -0.1) is 0 Å². The van der Waals surface area contributed by atoms with Crippen molar-refractivity contribution in [3.8, 4) is 11.5 Å². The number of hydrogen-bond donors (Lipinski definition) is 0. The molecule has 0 unspecified atom stereocenters. The molecule has 0 N–H and O–H groups in total. The lowest BCUT2D eigenvalue weighted by Gasteiger charge is -2.12. The third-order valence-electron chi connectivity index (χ3n) is 3.06. The summed E-state index contributed by atoms with van der Waals surface area (Å²) in [5.74, 6) is 0.514. The van der Waals surface area contributed by atoms with Crippen molar-refractivity contribution in [3.63, 3.8) is 0 Å². The number of rotatable bonds is 6. The first-order valence-corrected chi connectivity index (χ1v) is 7.86. The van der Waals surface area contributed by atoms with Crippen LogP contribution in [0.25, 0.3) is 10.8 Å². The van der Waals surface area contributed by atoms with Gasteiger partial charge in [-0.1, -0.05) is 38.1 Å². The van der Waals surface area contributed by atoms with Crippen LogP contribution in [0, 0.1) is 0 Å². The Balaban J connectivity index is 2.28. The molecule has 0 aliphatic carbocycles. The molecule has 0 heterocycles. The molecule has 0 saturated heterocycles. The lowest BCUT2D eigenvalue weighted by atomic mass is 10.1. The van der Waals surface area contributed by atoms with Gasteiger partial charge in [-0.05, 0) is 30.4 Å². The zero-order valence-corrected chi connectivity index (χ0v) is 13.7. The van der Waals surface area contributed by atoms with Crippen LogP contribution < -0.4 is 9.47 Å². The Bertz CT molecular complexity index is 653. The third-order valence-corrected chi connectivity index (χ3v) is 3.06. The van der Waals surface area contributed by atoms with Crippen molar-refractivity contribution < 1.29 is 28.5 Å². The van der Waals surface area contributed by atoms with E-state index in [1.54, 1.807) is 24.3 Å². The molecule has 0 aromatic heterocycles. The first-order chi connectivity index (χ1) is 11.7. The molecule has 0 saturated carbocycles. The number of fused-ring (bicyclic) bond motifs is 1. The molecule has 2 aromatic carbocycles. The summed E-state index contributed by atoms with van der Waals surface area (Å²) >= 11 is 0. The fraction of sp³-hybridized carbons (Fsp3) is 0.333. The number of carbonyl (C=O) groups excluding carboxylic acids is 2. The van der Waals surface area contributed by atoms with Gasteiger partial charge in [0, 0.05) is 0 Å². The third kappa shape index (κ3) is 4.62. The second kappa shape index (κ2) is 8.76. The van der Waals surface area contributed by atoms with E-state index in [4.69, 9.17) is 18.9 Å². The van der Waals surface area contributed by atoms with Crippen molar-refractivity contribution in [1.82, 2.24) is 0 Å². The van der Waals surface area contributed by atoms with Gasteiger partial charge < -0.3 is 18.9 Å². The Hall–Kier alpha value is -2.76. The molecule has 0 fully saturated rings. The van der Waals surface area contributed by atoms with E-state index in [2.05, 4.69) is 0 Å². The minimum atomic E-state index is -0.798. The van der Waals surface area contributed by atoms with Crippen molar-refractivity contribution in [2.75, 3.05) is 13.2 Å². The van der Waals surface area contributed by atoms with Crippen LogP contribution in [-0.2, 0) is 9.47 Å². The molecule has 0 radical (unpaired) electrons. The van der Waals surface area contributed by atoms with E-state index in [0.29, 0.717) is 18.2 Å². The van der Waals surface area contributed by atoms with Crippen molar-refractivity contribution in [2.45, 2.75) is 26.7 Å². The van der Waals surface area contributed by atoms with Gasteiger partial charge in [0.1, 0.15) is 11.5 Å². The average Bonchev–Trinajstić information content (AvgIpc) is 2.58. The van der Waals surface area contributed by atoms with E-state index in [1.165, 1.54) is 0 Å². The van der Waals surface area contributed by atoms with E-state index in [1.807, 2.05) is 26.0 Å². The van der Waals surface area contributed by atoms with E-state index in [-0.39, 0.29) is 24.7 Å². The molecule has 2 aromatic rings. The maximum absolute atomic E-state index is 11.7. The predicted molar refractivity (Wildman–Crippen MR) is 88.5 cm³/mol. The van der Waals surface area contributed by atoms with Crippen LogP contribution in [0.4, 0.5) is 9.59 Å². The monoisotopic (exact) mass is 332 g/mol. The highest BCUT2D eigenvalue weighted by Gasteiger charge is 2.15. The van der Waals surface area contributed by atoms with Crippen molar-refractivity contribution in [1.29, 1.82) is 0 Å². The molecule has 6 heteroatoms. The molecular weight excluding hydrogens is 312 g/mol. The lowest BCUT2D eigenvalue weighted by Crippen LogP contribution is -2.13. The number of hydrogen-bond acceptors (Lipinski definition) is 6. The molecule has 0 bridgehead atoms. The Morgan fingerprint density at radius 1 is 0.792 bits per heavy atom. The van der Waals surface area contributed by atoms with E-state index in [0.717, 1.165) is 5.39 Å². The van der Waals surface area contributed by atoms with Gasteiger partial charge in [0.25, 0.3) is 0 Å². The molecule has 2 rings (SSSR count). The molecule has 0 aliphatic heterocycles. The van der Waals surface area contributed by atoms with Crippen molar-refractivity contribution >= 4 is 23.1 Å². The number of benzene rings is 2. The second-order valence-electron chi connectivity index (χ2n) is 5.01. The van der Waals surface area contributed by atoms with Gasteiger partial charge in [-0.3, -0.25) is 0 Å². The first-order valence-electron chi connectivity index (χ1n) is 7.86. The summed E-state index contributed by atoms with van der Waals surface area (Å²) in [5.41, 5.74) is 0. The minimum absolute atomic E-state index is 0.257. The van der Waals surface area contributed by atoms with E-state index < -0.39 is 12.3 Å². The first kappa shape index (κ1) is 17.6. The Labute approximate surface area is 140 Å². The number of carbonyl (C=O) groups is 2. The summed E-state index contributed by atoms with van der Waals surface area (Å²) in [4.78, 5) is 23.4. The fourth-order valence-electron chi connectivity index (χ4n) is 2.05. The summed E-state index contributed by atoms with van der Waals surface area (Å²) in [6.45, 7) is 4.32. The van der Waals surface area contributed by atoms with Gasteiger partial charge in [-0.25, -0.2) is 9.59 Å². The smallest absolute Gasteiger partial charge is 0.434 e. The van der Waals surface area contributed by atoms with Gasteiger partial charge in [0.2, 0.25) is 0 Å². The molecule has 0 spiro atoms. The van der Waals surface area contributed by atoms with Gasteiger partial charge >= 0.3 is 12.3 Å². The lowest BCUT2D eigenvalue weighted by molar-refractivity contribution is 0.0989. The summed E-state index contributed by atoms with van der Waals surface area (Å²) in [6.07, 6.45) is -0.203. The molecule has 0 aliphatic rings. The topological polar surface area (TPSA) is 71.1 Å². The summed E-state index contributed by atoms with van der Waals surface area (Å²) < 4.78 is 20.3. The van der Waals surface area contributed by atoms with Crippen molar-refractivity contribution in [2.24, 2.45) is 0 Å². The van der Waals surface area contributed by atoms with Crippen molar-refractivity contribution in [3.05, 3.63) is 36.4 Å². The Kier molecular flexibility index (Phi) is 6.42. The fourth-order valence-corrected chi connectivity index (χ4v) is 2.05. The molecule has 24 heavy (non-hydrogen) atoms. The highest BCUT2D eigenvalue weighted by atomic mass is 16.7. The molecular formula is C18H20O6. The normalized spacial score (nSPS) is 10.2. The quantitative estimate of drug-likeness (QED) is 0.564. The van der Waals surface area contributed by atoms with Crippen LogP contribution in [0.5, 0.6) is 11.5 Å². The molecule has 128 valence electrons. The Morgan fingerprint density at radius 3 is 1.67 bits per heavy atom. The van der Waals surface area contributed by atoms with Gasteiger partial charge in [0.15, 0.2) is 0 Å². The van der Waals surface area contributed by atoms with Crippen LogP contribution in [0.2, 0.25) is 0 Å².